The molecule has 0 radical (unpaired) electrons. The summed E-state index contributed by atoms with van der Waals surface area (Å²) in [6.45, 7) is 2.51. The van der Waals surface area contributed by atoms with Gasteiger partial charge in [0.25, 0.3) is 0 Å². The molecule has 6 nitrogen and oxygen atoms in total. The number of phenolic OH excluding ortho intramolecular Hbond substituents is 1. The zero-order valence-corrected chi connectivity index (χ0v) is 20.3. The van der Waals surface area contributed by atoms with E-state index in [9.17, 15) is 15.0 Å². The summed E-state index contributed by atoms with van der Waals surface area (Å²) in [5.74, 6) is 0.719. The third-order valence-electron chi connectivity index (χ3n) is 10.4. The fraction of sp³-hybridized carbons (Fsp3) is 0.500. The maximum atomic E-state index is 13.7. The Morgan fingerprint density at radius 1 is 1.14 bits per heavy atom. The standard InChI is InChI=1S/C30H32N2O4/c33-22-9-8-20-14-23-28-10-11-30(35,21(15-28)26(34)31-16-18-4-2-1-3-5-18)27-29(28,24(20)25(22)36-27)12-13-32(23)17-19-6-7-19/h1-5,8-11,19,21,23,27,33,35H,6-7,12-17H2,(H,31,34)/t21-,23-,27-,28-,29+,30+/m1/s1. The molecule has 2 aromatic carbocycles. The van der Waals surface area contributed by atoms with E-state index >= 15 is 0 Å². The molecule has 186 valence electrons. The number of carbonyl (C=O) groups is 1. The van der Waals surface area contributed by atoms with Crippen molar-refractivity contribution in [3.8, 4) is 11.5 Å². The van der Waals surface area contributed by atoms with Gasteiger partial charge in [0.05, 0.1) is 11.3 Å². The van der Waals surface area contributed by atoms with Crippen LogP contribution in [0.4, 0.5) is 0 Å². The van der Waals surface area contributed by atoms with Crippen LogP contribution in [-0.4, -0.2) is 51.9 Å². The number of phenols is 1. The molecule has 5 aliphatic carbocycles. The van der Waals surface area contributed by atoms with Gasteiger partial charge in [0.2, 0.25) is 5.91 Å². The normalized spacial score (nSPS) is 39.0. The van der Waals surface area contributed by atoms with Gasteiger partial charge in [-0.3, -0.25) is 9.69 Å². The van der Waals surface area contributed by atoms with Gasteiger partial charge in [-0.25, -0.2) is 0 Å². The number of likely N-dealkylation sites (tertiary alicyclic amines) is 1. The van der Waals surface area contributed by atoms with Gasteiger partial charge in [0, 0.05) is 30.1 Å². The minimum absolute atomic E-state index is 0.124. The van der Waals surface area contributed by atoms with Gasteiger partial charge in [0.15, 0.2) is 11.5 Å². The molecule has 3 fully saturated rings. The molecule has 2 heterocycles. The van der Waals surface area contributed by atoms with Gasteiger partial charge in [0.1, 0.15) is 11.7 Å². The summed E-state index contributed by atoms with van der Waals surface area (Å²) >= 11 is 0. The molecule has 2 aliphatic heterocycles. The first-order chi connectivity index (χ1) is 17.5. The van der Waals surface area contributed by atoms with E-state index in [0.717, 1.165) is 43.0 Å². The Labute approximate surface area is 211 Å². The third kappa shape index (κ3) is 2.47. The third-order valence-corrected chi connectivity index (χ3v) is 10.4. The number of ether oxygens (including phenoxy) is 1. The maximum absolute atomic E-state index is 13.7. The second-order valence-corrected chi connectivity index (χ2v) is 12.0. The van der Waals surface area contributed by atoms with Crippen LogP contribution >= 0.6 is 0 Å². The van der Waals surface area contributed by atoms with Crippen molar-refractivity contribution in [2.24, 2.45) is 17.3 Å². The summed E-state index contributed by atoms with van der Waals surface area (Å²) < 4.78 is 6.56. The predicted molar refractivity (Wildman–Crippen MR) is 134 cm³/mol. The number of aromatic hydroxyl groups is 1. The molecule has 2 saturated carbocycles. The molecule has 6 heteroatoms. The lowest BCUT2D eigenvalue weighted by Crippen LogP contribution is -2.79. The highest BCUT2D eigenvalue weighted by Crippen LogP contribution is 2.74. The Balaban J connectivity index is 1.24. The fourth-order valence-corrected chi connectivity index (χ4v) is 8.69. The first-order valence-electron chi connectivity index (χ1n) is 13.5. The summed E-state index contributed by atoms with van der Waals surface area (Å²) in [7, 11) is 0. The van der Waals surface area contributed by atoms with E-state index in [2.05, 4.69) is 22.4 Å². The highest BCUT2D eigenvalue weighted by molar-refractivity contribution is 5.82. The quantitative estimate of drug-likeness (QED) is 0.569. The minimum Gasteiger partial charge on any atom is -0.504 e. The summed E-state index contributed by atoms with van der Waals surface area (Å²) in [5.41, 5.74) is 1.21. The number of nitrogens with one attached hydrogen (secondary N) is 1. The largest absolute Gasteiger partial charge is 0.504 e. The van der Waals surface area contributed by atoms with E-state index in [1.54, 1.807) is 6.07 Å². The monoisotopic (exact) mass is 484 g/mol. The molecule has 4 bridgehead atoms. The van der Waals surface area contributed by atoms with E-state index < -0.39 is 23.0 Å². The zero-order valence-electron chi connectivity index (χ0n) is 20.3. The van der Waals surface area contributed by atoms with E-state index in [-0.39, 0.29) is 23.1 Å². The summed E-state index contributed by atoms with van der Waals surface area (Å²) in [6.07, 6.45) is 8.52. The molecule has 2 aromatic rings. The number of hydrogen-bond acceptors (Lipinski definition) is 5. The fourth-order valence-electron chi connectivity index (χ4n) is 8.69. The first kappa shape index (κ1) is 21.3. The second-order valence-electron chi connectivity index (χ2n) is 12.0. The van der Waals surface area contributed by atoms with Crippen LogP contribution in [0.5, 0.6) is 11.5 Å². The maximum Gasteiger partial charge on any atom is 0.226 e. The van der Waals surface area contributed by atoms with Crippen LogP contribution in [-0.2, 0) is 23.2 Å². The number of amides is 1. The Morgan fingerprint density at radius 3 is 2.78 bits per heavy atom. The molecule has 6 atom stereocenters. The van der Waals surface area contributed by atoms with E-state index in [1.165, 1.54) is 18.4 Å². The molecule has 0 aromatic heterocycles. The predicted octanol–water partition coefficient (Wildman–Crippen LogP) is 3.06. The van der Waals surface area contributed by atoms with Crippen LogP contribution in [0.15, 0.2) is 54.6 Å². The van der Waals surface area contributed by atoms with Crippen molar-refractivity contribution in [3.63, 3.8) is 0 Å². The highest BCUT2D eigenvalue weighted by atomic mass is 16.5. The van der Waals surface area contributed by atoms with Gasteiger partial charge in [-0.15, -0.1) is 0 Å². The van der Waals surface area contributed by atoms with Crippen LogP contribution < -0.4 is 10.1 Å². The number of fused-ring (bicyclic) bond motifs is 1. The van der Waals surface area contributed by atoms with Crippen LogP contribution in [0, 0.1) is 17.3 Å². The van der Waals surface area contributed by atoms with E-state index in [1.807, 2.05) is 36.4 Å². The van der Waals surface area contributed by atoms with Crippen molar-refractivity contribution in [2.75, 3.05) is 13.1 Å². The van der Waals surface area contributed by atoms with Crippen molar-refractivity contribution in [2.45, 2.75) is 61.8 Å². The van der Waals surface area contributed by atoms with Gasteiger partial charge < -0.3 is 20.3 Å². The lowest BCUT2D eigenvalue weighted by atomic mass is 9.37. The lowest BCUT2D eigenvalue weighted by Gasteiger charge is -2.70. The number of piperidine rings is 1. The van der Waals surface area contributed by atoms with Crippen molar-refractivity contribution >= 4 is 5.91 Å². The topological polar surface area (TPSA) is 82.0 Å². The van der Waals surface area contributed by atoms with Crippen molar-refractivity contribution in [3.05, 3.63) is 71.3 Å². The number of aliphatic hydroxyl groups is 1. The summed E-state index contributed by atoms with van der Waals surface area (Å²) in [5, 5.41) is 26.2. The molecule has 2 spiro atoms. The van der Waals surface area contributed by atoms with Gasteiger partial charge in [-0.2, -0.15) is 0 Å². The molecule has 0 unspecified atom stereocenters. The lowest BCUT2D eigenvalue weighted by molar-refractivity contribution is -0.206. The number of carbonyl (C=O) groups excluding carboxylic acids is 1. The minimum atomic E-state index is -1.42. The van der Waals surface area contributed by atoms with Crippen LogP contribution in [0.3, 0.4) is 0 Å². The number of rotatable bonds is 5. The average Bonchev–Trinajstić information content (AvgIpc) is 3.63. The first-order valence-corrected chi connectivity index (χ1v) is 13.5. The molecule has 3 N–H and O–H groups in total. The van der Waals surface area contributed by atoms with Crippen molar-refractivity contribution in [1.29, 1.82) is 0 Å². The smallest absolute Gasteiger partial charge is 0.226 e. The molecule has 7 aliphatic rings. The number of benzene rings is 2. The van der Waals surface area contributed by atoms with Crippen LogP contribution in [0.25, 0.3) is 0 Å². The summed E-state index contributed by atoms with van der Waals surface area (Å²) in [6, 6.07) is 13.9. The van der Waals surface area contributed by atoms with Gasteiger partial charge >= 0.3 is 0 Å². The Kier molecular flexibility index (Phi) is 4.09. The number of nitrogens with zero attached hydrogens (tertiary/aromatic N) is 1. The Hall–Kier alpha value is -2.83. The highest BCUT2D eigenvalue weighted by Gasteiger charge is 2.79. The summed E-state index contributed by atoms with van der Waals surface area (Å²) in [4.78, 5) is 16.4. The Morgan fingerprint density at radius 2 is 1.97 bits per heavy atom. The van der Waals surface area contributed by atoms with Crippen LogP contribution in [0.2, 0.25) is 0 Å². The van der Waals surface area contributed by atoms with Gasteiger partial charge in [-0.1, -0.05) is 48.6 Å². The van der Waals surface area contributed by atoms with Crippen LogP contribution in [0.1, 0.15) is 42.4 Å². The molecule has 9 rings (SSSR count). The average molecular weight is 485 g/mol. The Bertz CT molecular complexity index is 1310. The molecule has 1 saturated heterocycles. The molecule has 36 heavy (non-hydrogen) atoms. The number of hydrogen-bond donors (Lipinski definition) is 3. The molecular formula is C30H32N2O4. The zero-order chi connectivity index (χ0) is 24.3. The SMILES string of the molecule is O=C(NCc1ccccc1)[C@H]1C[C@@]23C=C[C@@]1(O)[C@@H]1Oc4c(O)ccc5c4[C@@]12CCN(CC1CC1)[C@@H]3C5. The van der Waals surface area contributed by atoms with Crippen molar-refractivity contribution < 1.29 is 19.7 Å². The van der Waals surface area contributed by atoms with Gasteiger partial charge in [-0.05, 0) is 61.8 Å². The van der Waals surface area contributed by atoms with Crippen molar-refractivity contribution in [1.82, 2.24) is 10.2 Å². The molecule has 1 amide bonds. The van der Waals surface area contributed by atoms with E-state index in [4.69, 9.17) is 4.74 Å². The van der Waals surface area contributed by atoms with E-state index in [0.29, 0.717) is 18.7 Å². The molecular weight excluding hydrogens is 452 g/mol. The second kappa shape index (κ2) is 6.93.